The molecule has 0 N–H and O–H groups in total. The lowest BCUT2D eigenvalue weighted by Crippen LogP contribution is -2.35. The van der Waals surface area contributed by atoms with E-state index < -0.39 is 0 Å². The molecule has 3 rings (SSSR count). The summed E-state index contributed by atoms with van der Waals surface area (Å²) >= 11 is 3.44. The summed E-state index contributed by atoms with van der Waals surface area (Å²) in [5.41, 5.74) is 0.795. The van der Waals surface area contributed by atoms with Crippen molar-refractivity contribution < 1.29 is 4.79 Å². The lowest BCUT2D eigenvalue weighted by molar-refractivity contribution is 0.0730. The monoisotopic (exact) mass is 310 g/mol. The Morgan fingerprint density at radius 1 is 1.33 bits per heavy atom. The van der Waals surface area contributed by atoms with Crippen LogP contribution in [0.1, 0.15) is 36.2 Å². The Morgan fingerprint density at radius 3 is 2.28 bits per heavy atom. The fraction of sp³-hybridized carbons (Fsp3) is 0.643. The molecule has 2 fully saturated rings. The topological polar surface area (TPSA) is 25.2 Å². The smallest absolute Gasteiger partial charge is 0.270 e. The van der Waals surface area contributed by atoms with E-state index in [1.54, 1.807) is 0 Å². The molecule has 0 atom stereocenters. The summed E-state index contributed by atoms with van der Waals surface area (Å²) in [6.45, 7) is 1.91. The number of hydrogen-bond donors (Lipinski definition) is 0. The lowest BCUT2D eigenvalue weighted by atomic mass is 10.2. The number of aromatic nitrogens is 1. The van der Waals surface area contributed by atoms with Gasteiger partial charge in [-0.2, -0.15) is 0 Å². The van der Waals surface area contributed by atoms with Gasteiger partial charge >= 0.3 is 0 Å². The lowest BCUT2D eigenvalue weighted by Gasteiger charge is -2.22. The number of amides is 1. The van der Waals surface area contributed by atoms with Crippen molar-refractivity contribution in [3.63, 3.8) is 0 Å². The normalized spacial score (nSPS) is 19.0. The summed E-state index contributed by atoms with van der Waals surface area (Å²) < 4.78 is 2.89. The minimum absolute atomic E-state index is 0.196. The highest BCUT2D eigenvalue weighted by Gasteiger charge is 2.32. The molecule has 0 bridgehead atoms. The molecule has 0 saturated heterocycles. The highest BCUT2D eigenvalue weighted by molar-refractivity contribution is 9.10. The Bertz CT molecular complexity index is 446. The Hall–Kier alpha value is -0.770. The van der Waals surface area contributed by atoms with Gasteiger partial charge in [0, 0.05) is 30.8 Å². The van der Waals surface area contributed by atoms with Crippen LogP contribution in [-0.4, -0.2) is 28.5 Å². The molecule has 0 radical (unpaired) electrons. The molecule has 3 nitrogen and oxygen atoms in total. The molecule has 0 aromatic carbocycles. The zero-order valence-electron chi connectivity index (χ0n) is 10.7. The molecule has 98 valence electrons. The molecule has 18 heavy (non-hydrogen) atoms. The first-order valence-corrected chi connectivity index (χ1v) is 7.54. The molecule has 2 saturated carbocycles. The van der Waals surface area contributed by atoms with Gasteiger partial charge in [0.2, 0.25) is 0 Å². The summed E-state index contributed by atoms with van der Waals surface area (Å²) in [6.07, 6.45) is 7.13. The average Bonchev–Trinajstić information content (AvgIpc) is 3.20. The summed E-state index contributed by atoms with van der Waals surface area (Å²) in [5.74, 6) is 1.72. The predicted octanol–water partition coefficient (Wildman–Crippen LogP) is 3.05. The zero-order chi connectivity index (χ0) is 12.7. The van der Waals surface area contributed by atoms with E-state index in [1.165, 1.54) is 25.7 Å². The highest BCUT2D eigenvalue weighted by Crippen LogP contribution is 2.34. The van der Waals surface area contributed by atoms with Crippen LogP contribution in [0.15, 0.2) is 16.7 Å². The van der Waals surface area contributed by atoms with Gasteiger partial charge in [-0.15, -0.1) is 0 Å². The van der Waals surface area contributed by atoms with E-state index >= 15 is 0 Å². The Balaban J connectivity index is 1.74. The molecular weight excluding hydrogens is 292 g/mol. The van der Waals surface area contributed by atoms with E-state index in [0.29, 0.717) is 0 Å². The molecule has 1 aromatic rings. The van der Waals surface area contributed by atoms with Gasteiger partial charge in [0.25, 0.3) is 5.91 Å². The van der Waals surface area contributed by atoms with E-state index in [2.05, 4.69) is 20.8 Å². The number of nitrogens with zero attached hydrogens (tertiary/aromatic N) is 2. The summed E-state index contributed by atoms with van der Waals surface area (Å²) in [7, 11) is 1.93. The highest BCUT2D eigenvalue weighted by atomic mass is 79.9. The van der Waals surface area contributed by atoms with E-state index in [-0.39, 0.29) is 5.91 Å². The number of halogens is 1. The van der Waals surface area contributed by atoms with Gasteiger partial charge < -0.3 is 9.47 Å². The van der Waals surface area contributed by atoms with Crippen LogP contribution in [0.2, 0.25) is 0 Å². The standard InChI is InChI=1S/C14H19BrN2O/c1-16-9-12(15)6-13(16)14(18)17(7-10-2-3-10)8-11-4-5-11/h6,9-11H,2-5,7-8H2,1H3. The molecule has 2 aliphatic carbocycles. The first-order chi connectivity index (χ1) is 8.63. The number of hydrogen-bond acceptors (Lipinski definition) is 1. The van der Waals surface area contributed by atoms with Crippen LogP contribution in [0.4, 0.5) is 0 Å². The molecule has 4 heteroatoms. The Morgan fingerprint density at radius 2 is 1.89 bits per heavy atom. The fourth-order valence-corrected chi connectivity index (χ4v) is 2.89. The fourth-order valence-electron chi connectivity index (χ4n) is 2.36. The first kappa shape index (κ1) is 12.3. The second-order valence-corrected chi connectivity index (χ2v) is 6.67. The van der Waals surface area contributed by atoms with Crippen molar-refractivity contribution in [2.45, 2.75) is 25.7 Å². The number of carbonyl (C=O) groups is 1. The van der Waals surface area contributed by atoms with Crippen molar-refractivity contribution in [3.8, 4) is 0 Å². The van der Waals surface area contributed by atoms with Crippen LogP contribution in [0.3, 0.4) is 0 Å². The number of carbonyl (C=O) groups excluding carboxylic acids is 1. The van der Waals surface area contributed by atoms with Crippen LogP contribution in [-0.2, 0) is 7.05 Å². The molecule has 1 heterocycles. The van der Waals surface area contributed by atoms with Gasteiger partial charge in [-0.05, 0) is 59.5 Å². The molecule has 0 spiro atoms. The maximum Gasteiger partial charge on any atom is 0.270 e. The van der Waals surface area contributed by atoms with Crippen molar-refractivity contribution in [3.05, 3.63) is 22.4 Å². The summed E-state index contributed by atoms with van der Waals surface area (Å²) in [5, 5.41) is 0. The van der Waals surface area contributed by atoms with E-state index in [0.717, 1.165) is 35.1 Å². The van der Waals surface area contributed by atoms with Crippen molar-refractivity contribution in [2.75, 3.05) is 13.1 Å². The minimum Gasteiger partial charge on any atom is -0.345 e. The predicted molar refractivity (Wildman–Crippen MR) is 74.5 cm³/mol. The van der Waals surface area contributed by atoms with Gasteiger partial charge in [0.15, 0.2) is 0 Å². The van der Waals surface area contributed by atoms with E-state index in [1.807, 2.05) is 23.9 Å². The van der Waals surface area contributed by atoms with E-state index in [9.17, 15) is 4.79 Å². The Kier molecular flexibility index (Phi) is 3.22. The molecular formula is C14H19BrN2O. The minimum atomic E-state index is 0.196. The van der Waals surface area contributed by atoms with Crippen LogP contribution >= 0.6 is 15.9 Å². The SMILES string of the molecule is Cn1cc(Br)cc1C(=O)N(CC1CC1)CC1CC1. The third kappa shape index (κ3) is 2.79. The van der Waals surface area contributed by atoms with Crippen molar-refractivity contribution in [1.29, 1.82) is 0 Å². The van der Waals surface area contributed by atoms with Gasteiger partial charge in [-0.3, -0.25) is 4.79 Å². The summed E-state index contributed by atoms with van der Waals surface area (Å²) in [6, 6.07) is 1.93. The molecule has 2 aliphatic rings. The van der Waals surface area contributed by atoms with Gasteiger partial charge in [-0.25, -0.2) is 0 Å². The first-order valence-electron chi connectivity index (χ1n) is 6.74. The maximum absolute atomic E-state index is 12.6. The van der Waals surface area contributed by atoms with Crippen LogP contribution in [0.5, 0.6) is 0 Å². The van der Waals surface area contributed by atoms with Crippen LogP contribution in [0, 0.1) is 11.8 Å². The van der Waals surface area contributed by atoms with Crippen LogP contribution in [0.25, 0.3) is 0 Å². The quantitative estimate of drug-likeness (QED) is 0.820. The average molecular weight is 311 g/mol. The number of aryl methyl sites for hydroxylation is 1. The molecule has 1 amide bonds. The molecule has 0 unspecified atom stereocenters. The van der Waals surface area contributed by atoms with Crippen molar-refractivity contribution in [2.24, 2.45) is 18.9 Å². The largest absolute Gasteiger partial charge is 0.345 e. The second kappa shape index (κ2) is 4.72. The number of rotatable bonds is 5. The maximum atomic E-state index is 12.6. The van der Waals surface area contributed by atoms with Crippen LogP contribution < -0.4 is 0 Å². The summed E-state index contributed by atoms with van der Waals surface area (Å²) in [4.78, 5) is 14.7. The zero-order valence-corrected chi connectivity index (χ0v) is 12.3. The Labute approximate surface area is 116 Å². The van der Waals surface area contributed by atoms with Gasteiger partial charge in [0.1, 0.15) is 5.69 Å². The van der Waals surface area contributed by atoms with Crippen molar-refractivity contribution in [1.82, 2.24) is 9.47 Å². The molecule has 0 aliphatic heterocycles. The molecule has 1 aromatic heterocycles. The third-order valence-electron chi connectivity index (χ3n) is 3.83. The van der Waals surface area contributed by atoms with E-state index in [4.69, 9.17) is 0 Å². The third-order valence-corrected chi connectivity index (χ3v) is 4.26. The van der Waals surface area contributed by atoms with Crippen molar-refractivity contribution >= 4 is 21.8 Å². The van der Waals surface area contributed by atoms with Gasteiger partial charge in [0.05, 0.1) is 0 Å². The second-order valence-electron chi connectivity index (χ2n) is 5.75. The van der Waals surface area contributed by atoms with Gasteiger partial charge in [-0.1, -0.05) is 0 Å².